The van der Waals surface area contributed by atoms with Gasteiger partial charge in [0.15, 0.2) is 0 Å². The van der Waals surface area contributed by atoms with Crippen LogP contribution in [0.5, 0.6) is 0 Å². The summed E-state index contributed by atoms with van der Waals surface area (Å²) >= 11 is 0. The SMILES string of the molecule is CCCCCc1ccc(NC(=O)C(C)(CC)CN)cc1. The van der Waals surface area contributed by atoms with Gasteiger partial charge in [-0.1, -0.05) is 38.8 Å². The van der Waals surface area contributed by atoms with Crippen LogP contribution in [-0.2, 0) is 11.2 Å². The number of hydrogen-bond acceptors (Lipinski definition) is 2. The van der Waals surface area contributed by atoms with Crippen molar-refractivity contribution >= 4 is 11.6 Å². The summed E-state index contributed by atoms with van der Waals surface area (Å²) in [6.07, 6.45) is 5.58. The molecule has 3 N–H and O–H groups in total. The van der Waals surface area contributed by atoms with E-state index in [0.29, 0.717) is 6.54 Å². The van der Waals surface area contributed by atoms with E-state index in [1.165, 1.54) is 24.8 Å². The number of unbranched alkanes of at least 4 members (excludes halogenated alkanes) is 2. The van der Waals surface area contributed by atoms with Gasteiger partial charge in [-0.15, -0.1) is 0 Å². The number of nitrogens with one attached hydrogen (secondary N) is 1. The van der Waals surface area contributed by atoms with Crippen molar-refractivity contribution in [3.8, 4) is 0 Å². The van der Waals surface area contributed by atoms with Crippen molar-refractivity contribution in [1.29, 1.82) is 0 Å². The number of carbonyl (C=O) groups is 1. The quantitative estimate of drug-likeness (QED) is 0.711. The summed E-state index contributed by atoms with van der Waals surface area (Å²) in [7, 11) is 0. The highest BCUT2D eigenvalue weighted by Gasteiger charge is 2.29. The normalized spacial score (nSPS) is 13.8. The largest absolute Gasteiger partial charge is 0.329 e. The number of aryl methyl sites for hydroxylation is 1. The number of rotatable bonds is 8. The van der Waals surface area contributed by atoms with E-state index in [9.17, 15) is 4.79 Å². The topological polar surface area (TPSA) is 55.1 Å². The summed E-state index contributed by atoms with van der Waals surface area (Å²) in [6, 6.07) is 8.14. The Bertz CT molecular complexity index is 408. The molecule has 20 heavy (non-hydrogen) atoms. The maximum Gasteiger partial charge on any atom is 0.231 e. The number of carbonyl (C=O) groups excluding carboxylic acids is 1. The minimum Gasteiger partial charge on any atom is -0.329 e. The number of anilines is 1. The minimum absolute atomic E-state index is 0.00114. The Hall–Kier alpha value is -1.35. The summed E-state index contributed by atoms with van der Waals surface area (Å²) in [6.45, 7) is 6.47. The summed E-state index contributed by atoms with van der Waals surface area (Å²) in [4.78, 5) is 12.2. The van der Waals surface area contributed by atoms with Crippen molar-refractivity contribution in [2.45, 2.75) is 52.9 Å². The zero-order valence-electron chi connectivity index (χ0n) is 13.0. The van der Waals surface area contributed by atoms with Gasteiger partial charge in [0.1, 0.15) is 0 Å². The van der Waals surface area contributed by atoms with Crippen molar-refractivity contribution < 1.29 is 4.79 Å². The fourth-order valence-electron chi connectivity index (χ4n) is 2.01. The van der Waals surface area contributed by atoms with Gasteiger partial charge in [-0.2, -0.15) is 0 Å². The Morgan fingerprint density at radius 1 is 1.20 bits per heavy atom. The predicted molar refractivity (Wildman–Crippen MR) is 85.8 cm³/mol. The average Bonchev–Trinajstić information content (AvgIpc) is 2.48. The second-order valence-corrected chi connectivity index (χ2v) is 5.73. The van der Waals surface area contributed by atoms with Crippen molar-refractivity contribution in [2.24, 2.45) is 11.1 Å². The standard InChI is InChI=1S/C17H28N2O/c1-4-6-7-8-14-9-11-15(12-10-14)19-16(20)17(3,5-2)13-18/h9-12H,4-8,13,18H2,1-3H3,(H,19,20). The second-order valence-electron chi connectivity index (χ2n) is 5.73. The molecular formula is C17H28N2O. The first-order chi connectivity index (χ1) is 9.55. The molecule has 1 atom stereocenters. The molecule has 0 aliphatic carbocycles. The molecular weight excluding hydrogens is 248 g/mol. The van der Waals surface area contributed by atoms with Crippen LogP contribution in [0.1, 0.15) is 52.0 Å². The average molecular weight is 276 g/mol. The maximum absolute atomic E-state index is 12.2. The van der Waals surface area contributed by atoms with Gasteiger partial charge in [0.05, 0.1) is 5.41 Å². The summed E-state index contributed by atoms with van der Waals surface area (Å²) in [5.74, 6) is 0.00114. The van der Waals surface area contributed by atoms with Gasteiger partial charge < -0.3 is 11.1 Å². The highest BCUT2D eigenvalue weighted by Crippen LogP contribution is 2.22. The van der Waals surface area contributed by atoms with Gasteiger partial charge in [0, 0.05) is 12.2 Å². The summed E-state index contributed by atoms with van der Waals surface area (Å²) < 4.78 is 0. The van der Waals surface area contributed by atoms with Crippen LogP contribution >= 0.6 is 0 Å². The van der Waals surface area contributed by atoms with E-state index >= 15 is 0 Å². The molecule has 0 fully saturated rings. The monoisotopic (exact) mass is 276 g/mol. The molecule has 1 amide bonds. The van der Waals surface area contributed by atoms with Crippen LogP contribution in [0.2, 0.25) is 0 Å². The van der Waals surface area contributed by atoms with Crippen molar-refractivity contribution in [3.05, 3.63) is 29.8 Å². The molecule has 0 heterocycles. The Labute approximate surface area is 122 Å². The third kappa shape index (κ3) is 4.64. The van der Waals surface area contributed by atoms with Crippen molar-refractivity contribution in [3.63, 3.8) is 0 Å². The van der Waals surface area contributed by atoms with Crippen molar-refractivity contribution in [1.82, 2.24) is 0 Å². The molecule has 3 heteroatoms. The lowest BCUT2D eigenvalue weighted by molar-refractivity contribution is -0.124. The third-order valence-electron chi connectivity index (χ3n) is 4.06. The van der Waals surface area contributed by atoms with Crippen molar-refractivity contribution in [2.75, 3.05) is 11.9 Å². The highest BCUT2D eigenvalue weighted by molar-refractivity contribution is 5.95. The molecule has 1 rings (SSSR count). The molecule has 0 aromatic heterocycles. The number of amides is 1. The van der Waals surface area contributed by atoms with E-state index < -0.39 is 5.41 Å². The highest BCUT2D eigenvalue weighted by atomic mass is 16.2. The van der Waals surface area contributed by atoms with E-state index in [1.807, 2.05) is 26.0 Å². The Morgan fingerprint density at radius 3 is 2.35 bits per heavy atom. The molecule has 0 aliphatic rings. The van der Waals surface area contributed by atoms with E-state index in [0.717, 1.165) is 18.5 Å². The van der Waals surface area contributed by atoms with Crippen LogP contribution in [0.15, 0.2) is 24.3 Å². The first-order valence-electron chi connectivity index (χ1n) is 7.66. The molecule has 0 aliphatic heterocycles. The van der Waals surface area contributed by atoms with Gasteiger partial charge in [0.25, 0.3) is 0 Å². The molecule has 0 radical (unpaired) electrons. The lowest BCUT2D eigenvalue weighted by Gasteiger charge is -2.25. The van der Waals surface area contributed by atoms with Crippen LogP contribution in [0, 0.1) is 5.41 Å². The zero-order valence-corrected chi connectivity index (χ0v) is 13.0. The summed E-state index contributed by atoms with van der Waals surface area (Å²) in [5, 5.41) is 2.96. The fourth-order valence-corrected chi connectivity index (χ4v) is 2.01. The molecule has 1 aromatic rings. The molecule has 112 valence electrons. The van der Waals surface area contributed by atoms with E-state index in [4.69, 9.17) is 5.73 Å². The lowest BCUT2D eigenvalue weighted by Crippen LogP contribution is -2.39. The van der Waals surface area contributed by atoms with E-state index in [-0.39, 0.29) is 5.91 Å². The molecule has 0 bridgehead atoms. The third-order valence-corrected chi connectivity index (χ3v) is 4.06. The predicted octanol–water partition coefficient (Wildman–Crippen LogP) is 3.73. The number of nitrogens with two attached hydrogens (primary N) is 1. The maximum atomic E-state index is 12.2. The molecule has 1 unspecified atom stereocenters. The number of hydrogen-bond donors (Lipinski definition) is 2. The smallest absolute Gasteiger partial charge is 0.231 e. The Morgan fingerprint density at radius 2 is 1.85 bits per heavy atom. The number of benzene rings is 1. The van der Waals surface area contributed by atoms with Gasteiger partial charge >= 0.3 is 0 Å². The molecule has 0 saturated heterocycles. The van der Waals surface area contributed by atoms with Crippen LogP contribution in [-0.4, -0.2) is 12.5 Å². The van der Waals surface area contributed by atoms with Gasteiger partial charge in [-0.05, 0) is 43.9 Å². The first kappa shape index (κ1) is 16.7. The van der Waals surface area contributed by atoms with Crippen LogP contribution in [0.3, 0.4) is 0 Å². The van der Waals surface area contributed by atoms with Crippen LogP contribution in [0.4, 0.5) is 5.69 Å². The lowest BCUT2D eigenvalue weighted by atomic mass is 9.86. The van der Waals surface area contributed by atoms with E-state index in [2.05, 4.69) is 24.4 Å². The van der Waals surface area contributed by atoms with E-state index in [1.54, 1.807) is 0 Å². The minimum atomic E-state index is -0.486. The van der Waals surface area contributed by atoms with Gasteiger partial charge in [-0.3, -0.25) is 4.79 Å². The summed E-state index contributed by atoms with van der Waals surface area (Å²) in [5.41, 5.74) is 7.39. The Kier molecular flexibility index (Phi) is 6.73. The molecule has 1 aromatic carbocycles. The van der Waals surface area contributed by atoms with Crippen LogP contribution in [0.25, 0.3) is 0 Å². The van der Waals surface area contributed by atoms with Gasteiger partial charge in [-0.25, -0.2) is 0 Å². The molecule has 0 spiro atoms. The van der Waals surface area contributed by atoms with Crippen LogP contribution < -0.4 is 11.1 Å². The fraction of sp³-hybridized carbons (Fsp3) is 0.588. The van der Waals surface area contributed by atoms with Gasteiger partial charge in [0.2, 0.25) is 5.91 Å². The molecule has 0 saturated carbocycles. The zero-order chi connectivity index (χ0) is 15.0. The molecule has 3 nitrogen and oxygen atoms in total. The first-order valence-corrected chi connectivity index (χ1v) is 7.66. The Balaban J connectivity index is 2.59. The second kappa shape index (κ2) is 8.05.